The molecule has 0 unspecified atom stereocenters. The smallest absolute Gasteiger partial charge is 0.234 e. The fraction of sp³-hybridized carbons (Fsp3) is 0.192. The quantitative estimate of drug-likeness (QED) is 0.340. The van der Waals surface area contributed by atoms with E-state index in [2.05, 4.69) is 15.5 Å². The third-order valence-corrected chi connectivity index (χ3v) is 6.22. The number of thioether (sulfide) groups is 1. The molecule has 4 rings (SSSR count). The van der Waals surface area contributed by atoms with Gasteiger partial charge in [0, 0.05) is 36.7 Å². The summed E-state index contributed by atoms with van der Waals surface area (Å²) in [6.07, 6.45) is 0. The van der Waals surface area contributed by atoms with Gasteiger partial charge in [-0.1, -0.05) is 23.9 Å². The Kier molecular flexibility index (Phi) is 7.57. The summed E-state index contributed by atoms with van der Waals surface area (Å²) < 4.78 is 12.6. The molecule has 0 radical (unpaired) electrons. The average Bonchev–Trinajstić information content (AvgIpc) is 3.32. The normalized spacial score (nSPS) is 10.6. The summed E-state index contributed by atoms with van der Waals surface area (Å²) in [7, 11) is 7.20. The molecule has 1 heterocycles. The summed E-state index contributed by atoms with van der Waals surface area (Å²) in [5, 5.41) is 12.4. The lowest BCUT2D eigenvalue weighted by Gasteiger charge is -2.13. The lowest BCUT2D eigenvalue weighted by Crippen LogP contribution is -2.15. The highest BCUT2D eigenvalue weighted by atomic mass is 32.2. The highest BCUT2D eigenvalue weighted by molar-refractivity contribution is 7.99. The first kappa shape index (κ1) is 24.2. The minimum atomic E-state index is -0.125. The van der Waals surface area contributed by atoms with Gasteiger partial charge in [-0.05, 0) is 60.7 Å². The molecule has 0 aliphatic rings. The van der Waals surface area contributed by atoms with E-state index in [-0.39, 0.29) is 11.7 Å². The SMILES string of the molecule is COc1ccc(-n2c(SCC(=O)Nc3ccc(N(C)C)cc3)nnc2-c2cccc(OC)c2)cc1. The van der Waals surface area contributed by atoms with Gasteiger partial charge in [0.1, 0.15) is 11.5 Å². The lowest BCUT2D eigenvalue weighted by atomic mass is 10.2. The van der Waals surface area contributed by atoms with Gasteiger partial charge in [0.2, 0.25) is 5.91 Å². The zero-order valence-corrected chi connectivity index (χ0v) is 20.9. The molecule has 4 aromatic rings. The highest BCUT2D eigenvalue weighted by Gasteiger charge is 2.18. The zero-order chi connectivity index (χ0) is 24.8. The third-order valence-electron chi connectivity index (χ3n) is 5.29. The Morgan fingerprint density at radius 3 is 2.31 bits per heavy atom. The first-order valence-electron chi connectivity index (χ1n) is 10.9. The molecule has 0 saturated heterocycles. The number of anilines is 2. The number of carbonyl (C=O) groups is 1. The van der Waals surface area contributed by atoms with Crippen molar-refractivity contribution in [3.63, 3.8) is 0 Å². The summed E-state index contributed by atoms with van der Waals surface area (Å²) in [4.78, 5) is 14.7. The Balaban J connectivity index is 1.57. The van der Waals surface area contributed by atoms with Gasteiger partial charge in [0.05, 0.1) is 20.0 Å². The Bertz CT molecular complexity index is 1290. The summed E-state index contributed by atoms with van der Waals surface area (Å²) >= 11 is 1.32. The molecule has 9 heteroatoms. The molecule has 8 nitrogen and oxygen atoms in total. The maximum Gasteiger partial charge on any atom is 0.234 e. The van der Waals surface area contributed by atoms with Crippen LogP contribution in [0.15, 0.2) is 78.0 Å². The number of hydrogen-bond donors (Lipinski definition) is 1. The largest absolute Gasteiger partial charge is 0.497 e. The van der Waals surface area contributed by atoms with Crippen molar-refractivity contribution < 1.29 is 14.3 Å². The molecule has 1 aromatic heterocycles. The molecule has 0 aliphatic carbocycles. The van der Waals surface area contributed by atoms with Gasteiger partial charge >= 0.3 is 0 Å². The standard InChI is InChI=1S/C26H27N5O3S/c1-30(2)20-10-8-19(9-11-20)27-24(32)17-35-26-29-28-25(18-6-5-7-23(16-18)34-4)31(26)21-12-14-22(33-3)15-13-21/h5-16H,17H2,1-4H3,(H,27,32). The van der Waals surface area contributed by atoms with Crippen LogP contribution in [0.5, 0.6) is 11.5 Å². The molecule has 3 aromatic carbocycles. The van der Waals surface area contributed by atoms with Crippen LogP contribution >= 0.6 is 11.8 Å². The van der Waals surface area contributed by atoms with E-state index >= 15 is 0 Å². The number of methoxy groups -OCH3 is 2. The topological polar surface area (TPSA) is 81.5 Å². The molecule has 1 amide bonds. The van der Waals surface area contributed by atoms with Crippen LogP contribution in [0.25, 0.3) is 17.1 Å². The Labute approximate surface area is 208 Å². The average molecular weight is 490 g/mol. The molecule has 35 heavy (non-hydrogen) atoms. The third kappa shape index (κ3) is 5.75. The fourth-order valence-corrected chi connectivity index (χ4v) is 4.20. The van der Waals surface area contributed by atoms with Crippen molar-refractivity contribution in [3.8, 4) is 28.6 Å². The summed E-state index contributed by atoms with van der Waals surface area (Å²) in [6.45, 7) is 0. The van der Waals surface area contributed by atoms with E-state index in [0.29, 0.717) is 11.0 Å². The minimum Gasteiger partial charge on any atom is -0.497 e. The van der Waals surface area contributed by atoms with Gasteiger partial charge in [-0.2, -0.15) is 0 Å². The molecule has 0 fully saturated rings. The fourth-order valence-electron chi connectivity index (χ4n) is 3.45. The Morgan fingerprint density at radius 2 is 1.66 bits per heavy atom. The zero-order valence-electron chi connectivity index (χ0n) is 20.1. The summed E-state index contributed by atoms with van der Waals surface area (Å²) in [5.74, 6) is 2.18. The lowest BCUT2D eigenvalue weighted by molar-refractivity contribution is -0.113. The number of carbonyl (C=O) groups excluding carboxylic acids is 1. The summed E-state index contributed by atoms with van der Waals surface area (Å²) in [6, 6.07) is 23.0. The minimum absolute atomic E-state index is 0.125. The van der Waals surface area contributed by atoms with E-state index in [9.17, 15) is 4.79 Å². The van der Waals surface area contributed by atoms with E-state index in [1.54, 1.807) is 14.2 Å². The second kappa shape index (κ2) is 11.0. The van der Waals surface area contributed by atoms with E-state index in [4.69, 9.17) is 9.47 Å². The van der Waals surface area contributed by atoms with Crippen molar-refractivity contribution in [2.75, 3.05) is 44.3 Å². The van der Waals surface area contributed by atoms with Gasteiger partial charge in [-0.15, -0.1) is 10.2 Å². The first-order valence-corrected chi connectivity index (χ1v) is 11.9. The number of ether oxygens (including phenoxy) is 2. The van der Waals surface area contributed by atoms with E-state index in [1.165, 1.54) is 11.8 Å². The molecular weight excluding hydrogens is 462 g/mol. The molecule has 0 spiro atoms. The number of amides is 1. The van der Waals surface area contributed by atoms with E-state index < -0.39 is 0 Å². The van der Waals surface area contributed by atoms with Crippen LogP contribution < -0.4 is 19.7 Å². The maximum atomic E-state index is 12.7. The maximum absolute atomic E-state index is 12.7. The van der Waals surface area contributed by atoms with E-state index in [1.807, 2.05) is 96.4 Å². The molecule has 0 saturated carbocycles. The number of nitrogens with one attached hydrogen (secondary N) is 1. The second-order valence-corrected chi connectivity index (χ2v) is 8.79. The Morgan fingerprint density at radius 1 is 0.943 bits per heavy atom. The van der Waals surface area contributed by atoms with Crippen LogP contribution in [0.3, 0.4) is 0 Å². The van der Waals surface area contributed by atoms with Crippen LogP contribution in [-0.2, 0) is 4.79 Å². The molecule has 0 bridgehead atoms. The number of hydrogen-bond acceptors (Lipinski definition) is 7. The molecule has 1 N–H and O–H groups in total. The summed E-state index contributed by atoms with van der Waals surface area (Å²) in [5.41, 5.74) is 3.52. The predicted molar refractivity (Wildman–Crippen MR) is 140 cm³/mol. The molecule has 180 valence electrons. The first-order chi connectivity index (χ1) is 17.0. The predicted octanol–water partition coefficient (Wildman–Crippen LogP) is 4.75. The second-order valence-electron chi connectivity index (χ2n) is 7.85. The van der Waals surface area contributed by atoms with Crippen molar-refractivity contribution in [1.82, 2.24) is 14.8 Å². The number of benzene rings is 3. The monoisotopic (exact) mass is 489 g/mol. The Hall–Kier alpha value is -3.98. The molecule has 0 aliphatic heterocycles. The number of aromatic nitrogens is 3. The van der Waals surface area contributed by atoms with Gasteiger partial charge in [-0.3, -0.25) is 9.36 Å². The van der Waals surface area contributed by atoms with Crippen molar-refractivity contribution in [3.05, 3.63) is 72.8 Å². The molecular formula is C26H27N5O3S. The van der Waals surface area contributed by atoms with Crippen LogP contribution in [-0.4, -0.2) is 54.7 Å². The highest BCUT2D eigenvalue weighted by Crippen LogP contribution is 2.30. The van der Waals surface area contributed by atoms with Crippen molar-refractivity contribution >= 4 is 29.0 Å². The van der Waals surface area contributed by atoms with Gasteiger partial charge in [-0.25, -0.2) is 0 Å². The van der Waals surface area contributed by atoms with Crippen LogP contribution in [0.1, 0.15) is 0 Å². The number of nitrogens with zero attached hydrogens (tertiary/aromatic N) is 4. The van der Waals surface area contributed by atoms with Crippen molar-refractivity contribution in [2.24, 2.45) is 0 Å². The van der Waals surface area contributed by atoms with Crippen LogP contribution in [0, 0.1) is 0 Å². The van der Waals surface area contributed by atoms with Crippen LogP contribution in [0.4, 0.5) is 11.4 Å². The van der Waals surface area contributed by atoms with Crippen molar-refractivity contribution in [2.45, 2.75) is 5.16 Å². The van der Waals surface area contributed by atoms with Gasteiger partial charge in [0.15, 0.2) is 11.0 Å². The number of rotatable bonds is 9. The molecule has 0 atom stereocenters. The van der Waals surface area contributed by atoms with Gasteiger partial charge < -0.3 is 19.7 Å². The van der Waals surface area contributed by atoms with Gasteiger partial charge in [0.25, 0.3) is 0 Å². The van der Waals surface area contributed by atoms with Crippen molar-refractivity contribution in [1.29, 1.82) is 0 Å². The van der Waals surface area contributed by atoms with Crippen LogP contribution in [0.2, 0.25) is 0 Å². The van der Waals surface area contributed by atoms with E-state index in [0.717, 1.165) is 34.1 Å².